The van der Waals surface area contributed by atoms with Crippen molar-refractivity contribution in [2.45, 2.75) is 32.7 Å². The summed E-state index contributed by atoms with van der Waals surface area (Å²) in [5.74, 6) is 0.606. The van der Waals surface area contributed by atoms with Crippen LogP contribution in [-0.2, 0) is 13.0 Å². The fraction of sp³-hybridized carbons (Fsp3) is 0.533. The van der Waals surface area contributed by atoms with E-state index in [1.165, 1.54) is 11.1 Å². The van der Waals surface area contributed by atoms with Gasteiger partial charge in [0.15, 0.2) is 0 Å². The van der Waals surface area contributed by atoms with Gasteiger partial charge in [-0.05, 0) is 36.9 Å². The summed E-state index contributed by atoms with van der Waals surface area (Å²) in [6.07, 6.45) is 3.31. The van der Waals surface area contributed by atoms with Crippen LogP contribution in [0.1, 0.15) is 30.9 Å². The largest absolute Gasteiger partial charge is 0.387 e. The lowest BCUT2D eigenvalue weighted by atomic mass is 9.96. The third kappa shape index (κ3) is 3.33. The summed E-state index contributed by atoms with van der Waals surface area (Å²) in [6.45, 7) is 5.22. The van der Waals surface area contributed by atoms with Gasteiger partial charge in [0.05, 0.1) is 5.84 Å². The molecule has 98 valence electrons. The number of nitrogens with zero attached hydrogens (tertiary/aromatic N) is 1. The van der Waals surface area contributed by atoms with Gasteiger partial charge < -0.3 is 5.73 Å². The van der Waals surface area contributed by atoms with Gasteiger partial charge in [0, 0.05) is 19.0 Å². The van der Waals surface area contributed by atoms with Crippen LogP contribution < -0.4 is 5.73 Å². The van der Waals surface area contributed by atoms with Gasteiger partial charge in [0.1, 0.15) is 0 Å². The minimum Gasteiger partial charge on any atom is -0.387 e. The van der Waals surface area contributed by atoms with Crippen molar-refractivity contribution in [1.82, 2.24) is 4.90 Å². The second kappa shape index (κ2) is 6.01. The maximum atomic E-state index is 7.56. The van der Waals surface area contributed by atoms with Crippen molar-refractivity contribution in [3.8, 4) is 0 Å². The molecule has 0 aliphatic carbocycles. The van der Waals surface area contributed by atoms with Crippen molar-refractivity contribution in [2.24, 2.45) is 11.7 Å². The number of amidine groups is 1. The SMILES string of the molecule is CCc1ccc(CN2CCCC(C(=N)N)C2)cc1. The van der Waals surface area contributed by atoms with E-state index < -0.39 is 0 Å². The van der Waals surface area contributed by atoms with Crippen LogP contribution in [-0.4, -0.2) is 23.8 Å². The molecular weight excluding hydrogens is 222 g/mol. The molecule has 2 rings (SSSR count). The molecule has 3 nitrogen and oxygen atoms in total. The molecule has 1 aliphatic heterocycles. The van der Waals surface area contributed by atoms with E-state index in [-0.39, 0.29) is 5.92 Å². The number of likely N-dealkylation sites (tertiary alicyclic amines) is 1. The molecule has 1 fully saturated rings. The van der Waals surface area contributed by atoms with Crippen LogP contribution in [0.4, 0.5) is 0 Å². The first-order valence-electron chi connectivity index (χ1n) is 6.83. The maximum absolute atomic E-state index is 7.56. The van der Waals surface area contributed by atoms with Crippen LogP contribution in [0.25, 0.3) is 0 Å². The van der Waals surface area contributed by atoms with Crippen molar-refractivity contribution >= 4 is 5.84 Å². The number of nitrogens with one attached hydrogen (secondary N) is 1. The van der Waals surface area contributed by atoms with Crippen LogP contribution in [0.2, 0.25) is 0 Å². The molecule has 3 N–H and O–H groups in total. The zero-order chi connectivity index (χ0) is 13.0. The first-order valence-corrected chi connectivity index (χ1v) is 6.83. The molecule has 1 atom stereocenters. The van der Waals surface area contributed by atoms with Gasteiger partial charge in [-0.3, -0.25) is 10.3 Å². The highest BCUT2D eigenvalue weighted by atomic mass is 15.1. The topological polar surface area (TPSA) is 53.1 Å². The lowest BCUT2D eigenvalue weighted by Crippen LogP contribution is -2.40. The molecule has 0 radical (unpaired) electrons. The predicted octanol–water partition coefficient (Wildman–Crippen LogP) is 2.40. The van der Waals surface area contributed by atoms with E-state index in [1.54, 1.807) is 0 Å². The van der Waals surface area contributed by atoms with E-state index in [1.807, 2.05) is 0 Å². The molecule has 1 unspecified atom stereocenters. The first kappa shape index (κ1) is 13.1. The Morgan fingerprint density at radius 1 is 1.33 bits per heavy atom. The van der Waals surface area contributed by atoms with E-state index in [0.717, 1.165) is 38.9 Å². The molecule has 0 aromatic heterocycles. The highest BCUT2D eigenvalue weighted by molar-refractivity contribution is 5.79. The van der Waals surface area contributed by atoms with Crippen LogP contribution in [0.5, 0.6) is 0 Å². The number of hydrogen-bond acceptors (Lipinski definition) is 2. The fourth-order valence-electron chi connectivity index (χ4n) is 2.59. The minimum absolute atomic E-state index is 0.258. The molecule has 1 heterocycles. The zero-order valence-corrected chi connectivity index (χ0v) is 11.2. The van der Waals surface area contributed by atoms with Gasteiger partial charge in [-0.1, -0.05) is 31.2 Å². The molecule has 0 saturated carbocycles. The highest BCUT2D eigenvalue weighted by Crippen LogP contribution is 2.18. The summed E-state index contributed by atoms with van der Waals surface area (Å²) >= 11 is 0. The summed E-state index contributed by atoms with van der Waals surface area (Å²) < 4.78 is 0. The second-order valence-corrected chi connectivity index (χ2v) is 5.20. The standard InChI is InChI=1S/C15H23N3/c1-2-12-5-7-13(8-6-12)10-18-9-3-4-14(11-18)15(16)17/h5-8,14H,2-4,9-11H2,1H3,(H3,16,17). The third-order valence-corrected chi connectivity index (χ3v) is 3.78. The highest BCUT2D eigenvalue weighted by Gasteiger charge is 2.21. The Balaban J connectivity index is 1.93. The Hall–Kier alpha value is -1.35. The van der Waals surface area contributed by atoms with Crippen LogP contribution in [0, 0.1) is 11.3 Å². The number of piperidine rings is 1. The molecule has 0 amide bonds. The van der Waals surface area contributed by atoms with E-state index in [4.69, 9.17) is 11.1 Å². The van der Waals surface area contributed by atoms with Crippen molar-refractivity contribution in [2.75, 3.05) is 13.1 Å². The Morgan fingerprint density at radius 3 is 2.61 bits per heavy atom. The monoisotopic (exact) mass is 245 g/mol. The Bertz CT molecular complexity index is 397. The molecule has 1 saturated heterocycles. The van der Waals surface area contributed by atoms with Gasteiger partial charge in [-0.2, -0.15) is 0 Å². The lowest BCUT2D eigenvalue weighted by molar-refractivity contribution is 0.196. The predicted molar refractivity (Wildman–Crippen MR) is 75.7 cm³/mol. The quantitative estimate of drug-likeness (QED) is 0.632. The van der Waals surface area contributed by atoms with E-state index in [9.17, 15) is 0 Å². The Morgan fingerprint density at radius 2 is 2.00 bits per heavy atom. The van der Waals surface area contributed by atoms with Gasteiger partial charge in [0.2, 0.25) is 0 Å². The molecule has 1 aromatic carbocycles. The zero-order valence-electron chi connectivity index (χ0n) is 11.2. The van der Waals surface area contributed by atoms with Crippen molar-refractivity contribution in [3.05, 3.63) is 35.4 Å². The van der Waals surface area contributed by atoms with Crippen molar-refractivity contribution in [3.63, 3.8) is 0 Å². The normalized spacial score (nSPS) is 20.8. The average Bonchev–Trinajstić information content (AvgIpc) is 2.40. The average molecular weight is 245 g/mol. The second-order valence-electron chi connectivity index (χ2n) is 5.20. The van der Waals surface area contributed by atoms with Crippen molar-refractivity contribution < 1.29 is 0 Å². The smallest absolute Gasteiger partial charge is 0.0949 e. The molecule has 1 aliphatic rings. The summed E-state index contributed by atoms with van der Waals surface area (Å²) in [7, 11) is 0. The molecule has 0 spiro atoms. The van der Waals surface area contributed by atoms with Crippen LogP contribution in [0.15, 0.2) is 24.3 Å². The number of hydrogen-bond donors (Lipinski definition) is 2. The first-order chi connectivity index (χ1) is 8.69. The van der Waals surface area contributed by atoms with Gasteiger partial charge >= 0.3 is 0 Å². The third-order valence-electron chi connectivity index (χ3n) is 3.78. The number of rotatable bonds is 4. The van der Waals surface area contributed by atoms with E-state index in [2.05, 4.69) is 36.1 Å². The summed E-state index contributed by atoms with van der Waals surface area (Å²) in [6, 6.07) is 8.86. The van der Waals surface area contributed by atoms with Gasteiger partial charge in [-0.25, -0.2) is 0 Å². The molecular formula is C15H23N3. The molecule has 18 heavy (non-hydrogen) atoms. The van der Waals surface area contributed by atoms with Crippen LogP contribution in [0.3, 0.4) is 0 Å². The Kier molecular flexibility index (Phi) is 4.37. The van der Waals surface area contributed by atoms with E-state index >= 15 is 0 Å². The number of aryl methyl sites for hydroxylation is 1. The van der Waals surface area contributed by atoms with Gasteiger partial charge in [-0.15, -0.1) is 0 Å². The van der Waals surface area contributed by atoms with Gasteiger partial charge in [0.25, 0.3) is 0 Å². The lowest BCUT2D eigenvalue weighted by Gasteiger charge is -2.32. The maximum Gasteiger partial charge on any atom is 0.0949 e. The summed E-state index contributed by atoms with van der Waals surface area (Å²) in [5.41, 5.74) is 8.36. The van der Waals surface area contributed by atoms with Crippen LogP contribution >= 0.6 is 0 Å². The number of benzene rings is 1. The fourth-order valence-corrected chi connectivity index (χ4v) is 2.59. The van der Waals surface area contributed by atoms with E-state index in [0.29, 0.717) is 5.84 Å². The number of nitrogens with two attached hydrogens (primary N) is 1. The summed E-state index contributed by atoms with van der Waals surface area (Å²) in [4.78, 5) is 2.41. The summed E-state index contributed by atoms with van der Waals surface area (Å²) in [5, 5.41) is 7.56. The van der Waals surface area contributed by atoms with Crippen molar-refractivity contribution in [1.29, 1.82) is 5.41 Å². The molecule has 3 heteroatoms. The Labute approximate surface area is 109 Å². The molecule has 0 bridgehead atoms. The minimum atomic E-state index is 0.258. The molecule has 1 aromatic rings.